The van der Waals surface area contributed by atoms with Crippen LogP contribution >= 0.6 is 0 Å². The first-order chi connectivity index (χ1) is 11.8. The van der Waals surface area contributed by atoms with Crippen LogP contribution in [0.2, 0.25) is 0 Å². The molecule has 0 unspecified atom stereocenters. The van der Waals surface area contributed by atoms with Crippen molar-refractivity contribution in [3.63, 3.8) is 0 Å². The molecule has 0 spiro atoms. The lowest BCUT2D eigenvalue weighted by atomic mass is 10.1. The summed E-state index contributed by atoms with van der Waals surface area (Å²) in [7, 11) is 0. The van der Waals surface area contributed by atoms with Gasteiger partial charge in [0.1, 0.15) is 12.2 Å². The van der Waals surface area contributed by atoms with E-state index in [0.717, 1.165) is 31.2 Å². The van der Waals surface area contributed by atoms with Crippen LogP contribution < -0.4 is 5.32 Å². The molecule has 2 aromatic heterocycles. The SMILES string of the molecule is Cc1cccc(-c2[nH]ncc2CNCCn2cnnc2C2CC2)c1. The zero-order valence-corrected chi connectivity index (χ0v) is 13.9. The van der Waals surface area contributed by atoms with Gasteiger partial charge in [-0.05, 0) is 25.8 Å². The Morgan fingerprint density at radius 1 is 1.33 bits per heavy atom. The van der Waals surface area contributed by atoms with E-state index < -0.39 is 0 Å². The fourth-order valence-electron chi connectivity index (χ4n) is 3.01. The van der Waals surface area contributed by atoms with E-state index in [1.807, 2.05) is 12.5 Å². The van der Waals surface area contributed by atoms with Gasteiger partial charge in [0.15, 0.2) is 0 Å². The second-order valence-corrected chi connectivity index (χ2v) is 6.47. The number of nitrogens with one attached hydrogen (secondary N) is 2. The molecule has 1 fully saturated rings. The molecule has 1 aromatic carbocycles. The maximum atomic E-state index is 4.24. The molecule has 0 radical (unpaired) electrons. The third-order valence-corrected chi connectivity index (χ3v) is 4.46. The van der Waals surface area contributed by atoms with Crippen LogP contribution in [0, 0.1) is 6.92 Å². The van der Waals surface area contributed by atoms with E-state index in [1.165, 1.54) is 29.5 Å². The molecule has 0 atom stereocenters. The summed E-state index contributed by atoms with van der Waals surface area (Å²) in [5.74, 6) is 1.77. The van der Waals surface area contributed by atoms with Crippen LogP contribution in [-0.4, -0.2) is 31.5 Å². The van der Waals surface area contributed by atoms with Gasteiger partial charge in [-0.1, -0.05) is 23.8 Å². The minimum atomic E-state index is 0.634. The van der Waals surface area contributed by atoms with Crippen LogP contribution in [0.3, 0.4) is 0 Å². The van der Waals surface area contributed by atoms with Crippen molar-refractivity contribution in [1.82, 2.24) is 30.3 Å². The molecule has 2 N–H and O–H groups in total. The number of rotatable bonds is 7. The zero-order valence-electron chi connectivity index (χ0n) is 13.9. The second kappa shape index (κ2) is 6.57. The summed E-state index contributed by atoms with van der Waals surface area (Å²) in [6, 6.07) is 8.47. The van der Waals surface area contributed by atoms with Gasteiger partial charge < -0.3 is 9.88 Å². The molecule has 1 saturated carbocycles. The Bertz CT molecular complexity index is 814. The fraction of sp³-hybridized carbons (Fsp3) is 0.389. The van der Waals surface area contributed by atoms with Crippen molar-refractivity contribution in [3.05, 3.63) is 53.7 Å². The van der Waals surface area contributed by atoms with Crippen molar-refractivity contribution in [2.75, 3.05) is 6.54 Å². The zero-order chi connectivity index (χ0) is 16.4. The summed E-state index contributed by atoms with van der Waals surface area (Å²) >= 11 is 0. The Hall–Kier alpha value is -2.47. The monoisotopic (exact) mass is 322 g/mol. The summed E-state index contributed by atoms with van der Waals surface area (Å²) < 4.78 is 2.17. The predicted molar refractivity (Wildman–Crippen MR) is 92.5 cm³/mol. The number of benzene rings is 1. The van der Waals surface area contributed by atoms with E-state index >= 15 is 0 Å². The highest BCUT2D eigenvalue weighted by atomic mass is 15.3. The number of aromatic amines is 1. The maximum Gasteiger partial charge on any atom is 0.135 e. The van der Waals surface area contributed by atoms with Crippen LogP contribution in [0.1, 0.15) is 35.7 Å². The highest BCUT2D eigenvalue weighted by Gasteiger charge is 2.28. The smallest absolute Gasteiger partial charge is 0.135 e. The fourth-order valence-corrected chi connectivity index (χ4v) is 3.01. The van der Waals surface area contributed by atoms with E-state index in [1.54, 1.807) is 0 Å². The Morgan fingerprint density at radius 3 is 3.08 bits per heavy atom. The summed E-state index contributed by atoms with van der Waals surface area (Å²) in [6.45, 7) is 4.68. The molecule has 1 aliphatic carbocycles. The molecule has 3 aromatic rings. The van der Waals surface area contributed by atoms with Gasteiger partial charge in [-0.15, -0.1) is 10.2 Å². The van der Waals surface area contributed by atoms with Gasteiger partial charge in [0.25, 0.3) is 0 Å². The van der Waals surface area contributed by atoms with Crippen LogP contribution in [0.25, 0.3) is 11.3 Å². The molecule has 0 saturated heterocycles. The first-order valence-electron chi connectivity index (χ1n) is 8.49. The van der Waals surface area contributed by atoms with Crippen molar-refractivity contribution in [1.29, 1.82) is 0 Å². The normalized spacial score (nSPS) is 14.2. The molecule has 0 bridgehead atoms. The molecule has 2 heterocycles. The van der Waals surface area contributed by atoms with Crippen LogP contribution in [0.4, 0.5) is 0 Å². The molecule has 0 aliphatic heterocycles. The number of hydrogen-bond donors (Lipinski definition) is 2. The average Bonchev–Trinajstić information content (AvgIpc) is 3.14. The van der Waals surface area contributed by atoms with Gasteiger partial charge in [0.05, 0.1) is 11.9 Å². The minimum absolute atomic E-state index is 0.634. The lowest BCUT2D eigenvalue weighted by Crippen LogP contribution is -2.20. The standard InChI is InChI=1S/C18H22N6/c1-13-3-2-4-15(9-13)17-16(11-20-22-17)10-19-7-8-24-12-21-23-18(24)14-5-6-14/h2-4,9,11-12,14,19H,5-8,10H2,1H3,(H,20,22). The molecule has 1 aliphatic rings. The summed E-state index contributed by atoms with van der Waals surface area (Å²) in [6.07, 6.45) is 6.24. The second-order valence-electron chi connectivity index (χ2n) is 6.47. The number of aromatic nitrogens is 5. The minimum Gasteiger partial charge on any atom is -0.316 e. The van der Waals surface area contributed by atoms with E-state index in [4.69, 9.17) is 0 Å². The van der Waals surface area contributed by atoms with Crippen molar-refractivity contribution < 1.29 is 0 Å². The Morgan fingerprint density at radius 2 is 2.25 bits per heavy atom. The Kier molecular flexibility index (Phi) is 4.13. The first-order valence-corrected chi connectivity index (χ1v) is 8.49. The third-order valence-electron chi connectivity index (χ3n) is 4.46. The lowest BCUT2D eigenvalue weighted by Gasteiger charge is -2.08. The molecule has 4 rings (SSSR count). The van der Waals surface area contributed by atoms with E-state index in [-0.39, 0.29) is 0 Å². The highest BCUT2D eigenvalue weighted by Crippen LogP contribution is 2.38. The van der Waals surface area contributed by atoms with E-state index in [9.17, 15) is 0 Å². The number of H-pyrrole nitrogens is 1. The van der Waals surface area contributed by atoms with Crippen molar-refractivity contribution >= 4 is 0 Å². The third kappa shape index (κ3) is 3.23. The van der Waals surface area contributed by atoms with Crippen molar-refractivity contribution in [2.45, 2.75) is 38.8 Å². The molecule has 6 nitrogen and oxygen atoms in total. The molecule has 0 amide bonds. The first kappa shape index (κ1) is 15.1. The Balaban J connectivity index is 1.35. The Labute approximate surface area is 141 Å². The molecule has 24 heavy (non-hydrogen) atoms. The van der Waals surface area contributed by atoms with Gasteiger partial charge in [0.2, 0.25) is 0 Å². The lowest BCUT2D eigenvalue weighted by molar-refractivity contribution is 0.579. The predicted octanol–water partition coefficient (Wildman–Crippen LogP) is 2.64. The molecular weight excluding hydrogens is 300 g/mol. The summed E-state index contributed by atoms with van der Waals surface area (Å²) in [4.78, 5) is 0. The van der Waals surface area contributed by atoms with Crippen LogP contribution in [0.5, 0.6) is 0 Å². The van der Waals surface area contributed by atoms with Crippen molar-refractivity contribution in [3.8, 4) is 11.3 Å². The van der Waals surface area contributed by atoms with E-state index in [2.05, 4.69) is 61.5 Å². The summed E-state index contributed by atoms with van der Waals surface area (Å²) in [5, 5.41) is 19.1. The van der Waals surface area contributed by atoms with Crippen LogP contribution in [0.15, 0.2) is 36.8 Å². The number of aryl methyl sites for hydroxylation is 1. The van der Waals surface area contributed by atoms with Gasteiger partial charge in [-0.2, -0.15) is 5.10 Å². The van der Waals surface area contributed by atoms with Crippen molar-refractivity contribution in [2.24, 2.45) is 0 Å². The van der Waals surface area contributed by atoms with Gasteiger partial charge in [-0.25, -0.2) is 0 Å². The molecule has 6 heteroatoms. The largest absolute Gasteiger partial charge is 0.316 e. The topological polar surface area (TPSA) is 71.4 Å². The van der Waals surface area contributed by atoms with Crippen LogP contribution in [-0.2, 0) is 13.1 Å². The average molecular weight is 322 g/mol. The van der Waals surface area contributed by atoms with Gasteiger partial charge >= 0.3 is 0 Å². The van der Waals surface area contributed by atoms with Gasteiger partial charge in [-0.3, -0.25) is 5.10 Å². The molecular formula is C18H22N6. The number of nitrogens with zero attached hydrogens (tertiary/aromatic N) is 4. The number of hydrogen-bond acceptors (Lipinski definition) is 4. The maximum absolute atomic E-state index is 4.24. The highest BCUT2D eigenvalue weighted by molar-refractivity contribution is 5.63. The quantitative estimate of drug-likeness (QED) is 0.656. The molecule has 124 valence electrons. The van der Waals surface area contributed by atoms with Gasteiger partial charge in [0, 0.05) is 36.7 Å². The van der Waals surface area contributed by atoms with E-state index in [0.29, 0.717) is 5.92 Å². The summed E-state index contributed by atoms with van der Waals surface area (Å²) in [5.41, 5.74) is 4.71.